The lowest BCUT2D eigenvalue weighted by Crippen LogP contribution is -2.45. The first-order valence-electron chi connectivity index (χ1n) is 14.4. The summed E-state index contributed by atoms with van der Waals surface area (Å²) in [6.07, 6.45) is 0. The predicted octanol–water partition coefficient (Wildman–Crippen LogP) is 7.64. The molecule has 3 aromatic carbocycles. The van der Waals surface area contributed by atoms with Gasteiger partial charge in [0.15, 0.2) is 0 Å². The molecule has 1 aliphatic rings. The summed E-state index contributed by atoms with van der Waals surface area (Å²) < 4.78 is 5.54. The molecule has 0 atom stereocenters. The van der Waals surface area contributed by atoms with Crippen molar-refractivity contribution < 1.29 is 9.21 Å². The minimum Gasteiger partial charge on any atom is -0.449 e. The van der Waals surface area contributed by atoms with Crippen LogP contribution in [0.1, 0.15) is 72.5 Å². The topological polar surface area (TPSA) is 72.5 Å². The molecule has 0 aliphatic carbocycles. The van der Waals surface area contributed by atoms with Gasteiger partial charge in [0, 0.05) is 43.1 Å². The number of nitrogens with one attached hydrogen (secondary N) is 1. The lowest BCUT2D eigenvalue weighted by Gasteiger charge is -2.35. The molecule has 1 fully saturated rings. The quantitative estimate of drug-likeness (QED) is 0.246. The zero-order chi connectivity index (χ0) is 28.9. The maximum absolute atomic E-state index is 13.6. The Labute approximate surface area is 243 Å². The van der Waals surface area contributed by atoms with Gasteiger partial charge in [0.05, 0.1) is 6.54 Å². The van der Waals surface area contributed by atoms with Crippen LogP contribution in [0.15, 0.2) is 83.3 Å². The van der Waals surface area contributed by atoms with E-state index in [0.29, 0.717) is 23.8 Å². The van der Waals surface area contributed by atoms with E-state index < -0.39 is 0 Å². The third-order valence-corrected chi connectivity index (χ3v) is 7.84. The van der Waals surface area contributed by atoms with E-state index in [2.05, 4.69) is 85.3 Å². The Bertz CT molecular complexity index is 1520. The van der Waals surface area contributed by atoms with E-state index in [-0.39, 0.29) is 11.8 Å². The van der Waals surface area contributed by atoms with E-state index in [1.54, 1.807) is 6.07 Å². The van der Waals surface area contributed by atoms with E-state index in [4.69, 9.17) is 9.68 Å². The lowest BCUT2D eigenvalue weighted by molar-refractivity contribution is 0.102. The highest BCUT2D eigenvalue weighted by Gasteiger charge is 2.20. The average molecular weight is 547 g/mol. The van der Waals surface area contributed by atoms with Crippen LogP contribution in [0, 0.1) is 11.3 Å². The monoisotopic (exact) mass is 546 g/mol. The van der Waals surface area contributed by atoms with Crippen LogP contribution in [0.5, 0.6) is 0 Å². The maximum Gasteiger partial charge on any atom is 0.256 e. The third kappa shape index (κ3) is 6.53. The van der Waals surface area contributed by atoms with Crippen LogP contribution in [0.25, 0.3) is 11.1 Å². The molecule has 6 heteroatoms. The third-order valence-electron chi connectivity index (χ3n) is 7.84. The molecule has 0 unspecified atom stereocenters. The standard InChI is InChI=1S/C35H38N4O2/c1-24(2)26-8-10-27(11-9-26)34-32(25(3)4)6-5-7-33(34)35(40)37-28-12-14-29(15-13-28)39-20-18-38(19-21-39)23-31-17-16-30(22-36)41-31/h5-17,24-25H,18-21,23H2,1-4H3,(H,37,40). The lowest BCUT2D eigenvalue weighted by atomic mass is 9.87. The first-order chi connectivity index (χ1) is 19.8. The molecule has 0 bridgehead atoms. The van der Waals surface area contributed by atoms with Gasteiger partial charge in [-0.15, -0.1) is 0 Å². The number of nitriles is 1. The van der Waals surface area contributed by atoms with Crippen LogP contribution in [-0.2, 0) is 6.54 Å². The molecular formula is C35H38N4O2. The van der Waals surface area contributed by atoms with E-state index in [1.807, 2.05) is 36.4 Å². The molecule has 0 spiro atoms. The Hall–Kier alpha value is -4.34. The van der Waals surface area contributed by atoms with Gasteiger partial charge in [0.1, 0.15) is 11.8 Å². The van der Waals surface area contributed by atoms with Crippen molar-refractivity contribution in [2.24, 2.45) is 0 Å². The van der Waals surface area contributed by atoms with Gasteiger partial charge in [-0.3, -0.25) is 9.69 Å². The van der Waals surface area contributed by atoms with Crippen molar-refractivity contribution >= 4 is 17.3 Å². The Kier molecular flexibility index (Phi) is 8.56. The normalized spacial score (nSPS) is 13.9. The van der Waals surface area contributed by atoms with Crippen molar-refractivity contribution in [2.75, 3.05) is 36.4 Å². The number of furan rings is 1. The van der Waals surface area contributed by atoms with Crippen molar-refractivity contribution in [2.45, 2.75) is 46.1 Å². The van der Waals surface area contributed by atoms with E-state index in [1.165, 1.54) is 11.1 Å². The Morgan fingerprint density at radius 1 is 0.878 bits per heavy atom. The number of piperazine rings is 1. The second-order valence-corrected chi connectivity index (χ2v) is 11.3. The highest BCUT2D eigenvalue weighted by atomic mass is 16.3. The van der Waals surface area contributed by atoms with Gasteiger partial charge in [-0.05, 0) is 76.6 Å². The molecule has 0 radical (unpaired) electrons. The molecule has 1 saturated heterocycles. The van der Waals surface area contributed by atoms with Crippen LogP contribution in [0.3, 0.4) is 0 Å². The molecular weight excluding hydrogens is 508 g/mol. The van der Waals surface area contributed by atoms with Crippen LogP contribution >= 0.6 is 0 Å². The Morgan fingerprint density at radius 2 is 1.59 bits per heavy atom. The summed E-state index contributed by atoms with van der Waals surface area (Å²) in [5, 5.41) is 12.1. The fraction of sp³-hybridized carbons (Fsp3) is 0.314. The molecule has 0 saturated carbocycles. The summed E-state index contributed by atoms with van der Waals surface area (Å²) in [6.45, 7) is 13.1. The Balaban J connectivity index is 1.26. The summed E-state index contributed by atoms with van der Waals surface area (Å²) in [6, 6.07) is 28.4. The number of hydrogen-bond donors (Lipinski definition) is 1. The van der Waals surface area contributed by atoms with Crippen molar-refractivity contribution in [1.29, 1.82) is 5.26 Å². The number of hydrogen-bond acceptors (Lipinski definition) is 5. The van der Waals surface area contributed by atoms with Gasteiger partial charge in [0.2, 0.25) is 5.76 Å². The Morgan fingerprint density at radius 3 is 2.20 bits per heavy atom. The highest BCUT2D eigenvalue weighted by molar-refractivity contribution is 6.09. The van der Waals surface area contributed by atoms with Crippen LogP contribution in [0.2, 0.25) is 0 Å². The van der Waals surface area contributed by atoms with Gasteiger partial charge in [0.25, 0.3) is 5.91 Å². The minimum absolute atomic E-state index is 0.103. The number of rotatable bonds is 8. The van der Waals surface area contributed by atoms with Gasteiger partial charge >= 0.3 is 0 Å². The summed E-state index contributed by atoms with van der Waals surface area (Å²) >= 11 is 0. The second kappa shape index (κ2) is 12.4. The zero-order valence-electron chi connectivity index (χ0n) is 24.4. The first kappa shape index (κ1) is 28.2. The summed E-state index contributed by atoms with van der Waals surface area (Å²) in [4.78, 5) is 18.3. The minimum atomic E-state index is -0.103. The van der Waals surface area contributed by atoms with Crippen molar-refractivity contribution in [3.05, 3.63) is 107 Å². The molecule has 210 valence electrons. The summed E-state index contributed by atoms with van der Waals surface area (Å²) in [5.74, 6) is 1.82. The van der Waals surface area contributed by atoms with Gasteiger partial charge < -0.3 is 14.6 Å². The number of carbonyl (C=O) groups excluding carboxylic acids is 1. The highest BCUT2D eigenvalue weighted by Crippen LogP contribution is 2.34. The maximum atomic E-state index is 13.6. The molecule has 41 heavy (non-hydrogen) atoms. The van der Waals surface area contributed by atoms with Crippen molar-refractivity contribution in [1.82, 2.24) is 4.90 Å². The molecule has 1 N–H and O–H groups in total. The fourth-order valence-electron chi connectivity index (χ4n) is 5.46. The number of nitrogens with zero attached hydrogens (tertiary/aromatic N) is 3. The van der Waals surface area contributed by atoms with Crippen LogP contribution in [-0.4, -0.2) is 37.0 Å². The first-order valence-corrected chi connectivity index (χ1v) is 14.4. The summed E-state index contributed by atoms with van der Waals surface area (Å²) in [7, 11) is 0. The van der Waals surface area contributed by atoms with Crippen LogP contribution < -0.4 is 10.2 Å². The van der Waals surface area contributed by atoms with Crippen molar-refractivity contribution in [3.8, 4) is 17.2 Å². The molecule has 1 aromatic heterocycles. The van der Waals surface area contributed by atoms with Crippen LogP contribution in [0.4, 0.5) is 11.4 Å². The molecule has 2 heterocycles. The van der Waals surface area contributed by atoms with Gasteiger partial charge in [-0.2, -0.15) is 5.26 Å². The summed E-state index contributed by atoms with van der Waals surface area (Å²) in [5.41, 5.74) is 7.13. The zero-order valence-corrected chi connectivity index (χ0v) is 24.4. The van der Waals surface area contributed by atoms with Gasteiger partial charge in [-0.25, -0.2) is 0 Å². The predicted molar refractivity (Wildman–Crippen MR) is 165 cm³/mol. The van der Waals surface area contributed by atoms with E-state index >= 15 is 0 Å². The molecule has 1 aliphatic heterocycles. The average Bonchev–Trinajstić information content (AvgIpc) is 3.45. The smallest absolute Gasteiger partial charge is 0.256 e. The molecule has 5 rings (SSSR count). The number of amides is 1. The largest absolute Gasteiger partial charge is 0.449 e. The molecule has 1 amide bonds. The molecule has 6 nitrogen and oxygen atoms in total. The van der Waals surface area contributed by atoms with Gasteiger partial charge in [-0.1, -0.05) is 64.1 Å². The fourth-order valence-corrected chi connectivity index (χ4v) is 5.46. The van der Waals surface area contributed by atoms with E-state index in [9.17, 15) is 4.79 Å². The molecule has 4 aromatic rings. The van der Waals surface area contributed by atoms with E-state index in [0.717, 1.165) is 54.4 Å². The van der Waals surface area contributed by atoms with Crippen molar-refractivity contribution in [3.63, 3.8) is 0 Å². The number of anilines is 2. The SMILES string of the molecule is CC(C)c1ccc(-c2c(C(=O)Nc3ccc(N4CCN(Cc5ccc(C#N)o5)CC4)cc3)cccc2C(C)C)cc1. The second-order valence-electron chi connectivity index (χ2n) is 11.3. The number of benzene rings is 3. The number of carbonyl (C=O) groups is 1.